The lowest BCUT2D eigenvalue weighted by molar-refractivity contribution is 0.318. The largest absolute Gasteiger partial charge is 0.409 e. The molecule has 1 aromatic rings. The normalized spacial score (nSPS) is 19.6. The fraction of sp³-hybridized carbons (Fsp3) is 0.533. The van der Waals surface area contributed by atoms with E-state index in [9.17, 15) is 4.39 Å². The van der Waals surface area contributed by atoms with Gasteiger partial charge < -0.3 is 16.3 Å². The van der Waals surface area contributed by atoms with Gasteiger partial charge in [0.15, 0.2) is 5.84 Å². The summed E-state index contributed by atoms with van der Waals surface area (Å²) < 4.78 is 13.3. The summed E-state index contributed by atoms with van der Waals surface area (Å²) in [4.78, 5) is 0. The van der Waals surface area contributed by atoms with Gasteiger partial charge in [0.2, 0.25) is 0 Å². The van der Waals surface area contributed by atoms with E-state index in [2.05, 4.69) is 10.5 Å². The number of nitrogens with one attached hydrogen (secondary N) is 1. The van der Waals surface area contributed by atoms with E-state index < -0.39 is 0 Å². The topological polar surface area (TPSA) is 70.6 Å². The van der Waals surface area contributed by atoms with E-state index >= 15 is 0 Å². The fourth-order valence-electron chi connectivity index (χ4n) is 2.85. The number of oxime groups is 1. The van der Waals surface area contributed by atoms with Gasteiger partial charge in [-0.05, 0) is 55.2 Å². The molecule has 3 rings (SSSR count). The van der Waals surface area contributed by atoms with Crippen molar-refractivity contribution in [1.82, 2.24) is 5.32 Å². The minimum absolute atomic E-state index is 0.0457. The summed E-state index contributed by atoms with van der Waals surface area (Å²) in [7, 11) is 0. The smallest absolute Gasteiger partial charge is 0.170 e. The molecule has 0 aromatic heterocycles. The van der Waals surface area contributed by atoms with E-state index in [1.807, 2.05) is 0 Å². The fourth-order valence-corrected chi connectivity index (χ4v) is 2.85. The molecule has 2 aliphatic rings. The molecule has 2 aliphatic carbocycles. The molecule has 4 nitrogen and oxygen atoms in total. The Kier molecular flexibility index (Phi) is 3.61. The van der Waals surface area contributed by atoms with Crippen molar-refractivity contribution >= 4 is 5.84 Å². The van der Waals surface area contributed by atoms with E-state index in [0.29, 0.717) is 18.2 Å². The van der Waals surface area contributed by atoms with Crippen LogP contribution in [0.2, 0.25) is 0 Å². The predicted molar refractivity (Wildman–Crippen MR) is 75.0 cm³/mol. The van der Waals surface area contributed by atoms with Gasteiger partial charge in [-0.2, -0.15) is 0 Å². The molecule has 0 amide bonds. The summed E-state index contributed by atoms with van der Waals surface area (Å²) in [5.74, 6) is 1.18. The van der Waals surface area contributed by atoms with Crippen LogP contribution in [0.5, 0.6) is 0 Å². The Balaban J connectivity index is 1.72. The van der Waals surface area contributed by atoms with Crippen LogP contribution in [0.25, 0.3) is 0 Å². The second kappa shape index (κ2) is 5.40. The van der Waals surface area contributed by atoms with Crippen molar-refractivity contribution in [2.75, 3.05) is 0 Å². The van der Waals surface area contributed by atoms with E-state index in [1.54, 1.807) is 6.07 Å². The first-order valence-corrected chi connectivity index (χ1v) is 7.18. The molecule has 0 atom stereocenters. The molecule has 0 spiro atoms. The molecule has 0 heterocycles. The molecular weight excluding hydrogens is 257 g/mol. The van der Waals surface area contributed by atoms with Crippen molar-refractivity contribution in [3.8, 4) is 0 Å². The van der Waals surface area contributed by atoms with E-state index in [4.69, 9.17) is 10.9 Å². The van der Waals surface area contributed by atoms with Crippen LogP contribution in [-0.4, -0.2) is 17.1 Å². The minimum atomic E-state index is -0.378. The van der Waals surface area contributed by atoms with Crippen LogP contribution in [0, 0.1) is 17.7 Å². The average Bonchev–Trinajstić information content (AvgIpc) is 3.32. The zero-order valence-corrected chi connectivity index (χ0v) is 11.3. The molecule has 0 bridgehead atoms. The third-order valence-corrected chi connectivity index (χ3v) is 4.24. The molecule has 108 valence electrons. The first-order chi connectivity index (χ1) is 9.69. The number of nitrogens with two attached hydrogens (primary N) is 1. The van der Waals surface area contributed by atoms with E-state index in [0.717, 1.165) is 17.4 Å². The standard InChI is InChI=1S/C15H20FN3O/c16-12-6-5-11(13(7-12)15(17)19-20)8-18-14(9-1-2-9)10-3-4-10/h5-7,9-10,14,18,20H,1-4,8H2,(H2,17,19). The van der Waals surface area contributed by atoms with Gasteiger partial charge in [0.25, 0.3) is 0 Å². The van der Waals surface area contributed by atoms with Gasteiger partial charge >= 0.3 is 0 Å². The Morgan fingerprint density at radius 1 is 1.35 bits per heavy atom. The molecule has 0 unspecified atom stereocenters. The van der Waals surface area contributed by atoms with Crippen molar-refractivity contribution in [2.24, 2.45) is 22.7 Å². The number of hydrogen-bond acceptors (Lipinski definition) is 3. The van der Waals surface area contributed by atoms with Gasteiger partial charge in [-0.25, -0.2) is 4.39 Å². The van der Waals surface area contributed by atoms with Gasteiger partial charge in [-0.15, -0.1) is 0 Å². The minimum Gasteiger partial charge on any atom is -0.409 e. The Morgan fingerprint density at radius 2 is 2.00 bits per heavy atom. The third kappa shape index (κ3) is 2.93. The Labute approximate surface area is 117 Å². The average molecular weight is 277 g/mol. The lowest BCUT2D eigenvalue weighted by atomic mass is 10.0. The lowest BCUT2D eigenvalue weighted by Crippen LogP contribution is -2.33. The predicted octanol–water partition coefficient (Wildman–Crippen LogP) is 2.20. The summed E-state index contributed by atoms with van der Waals surface area (Å²) in [5, 5.41) is 15.4. The van der Waals surface area contributed by atoms with E-state index in [-0.39, 0.29) is 11.7 Å². The summed E-state index contributed by atoms with van der Waals surface area (Å²) in [6.07, 6.45) is 5.24. The van der Waals surface area contributed by atoms with Gasteiger partial charge in [0, 0.05) is 18.2 Å². The van der Waals surface area contributed by atoms with Gasteiger partial charge in [0.05, 0.1) is 0 Å². The number of rotatable bonds is 6. The maximum absolute atomic E-state index is 13.3. The summed E-state index contributed by atoms with van der Waals surface area (Å²) in [6, 6.07) is 5.00. The van der Waals surface area contributed by atoms with Crippen LogP contribution >= 0.6 is 0 Å². The Morgan fingerprint density at radius 3 is 2.55 bits per heavy atom. The second-order valence-electron chi connectivity index (χ2n) is 5.87. The molecular formula is C15H20FN3O. The molecule has 4 N–H and O–H groups in total. The molecule has 2 fully saturated rings. The number of hydrogen-bond donors (Lipinski definition) is 3. The van der Waals surface area contributed by atoms with Crippen LogP contribution < -0.4 is 11.1 Å². The van der Waals surface area contributed by atoms with Crippen molar-refractivity contribution < 1.29 is 9.60 Å². The van der Waals surface area contributed by atoms with Crippen molar-refractivity contribution in [1.29, 1.82) is 0 Å². The third-order valence-electron chi connectivity index (χ3n) is 4.24. The Bertz CT molecular complexity index is 512. The number of nitrogens with zero attached hydrogens (tertiary/aromatic N) is 1. The zero-order chi connectivity index (χ0) is 14.1. The Hall–Kier alpha value is -1.62. The molecule has 20 heavy (non-hydrogen) atoms. The van der Waals surface area contributed by atoms with Gasteiger partial charge in [-0.1, -0.05) is 11.2 Å². The highest BCUT2D eigenvalue weighted by molar-refractivity contribution is 5.98. The molecule has 0 saturated heterocycles. The highest BCUT2D eigenvalue weighted by atomic mass is 19.1. The quantitative estimate of drug-likeness (QED) is 0.323. The number of benzene rings is 1. The van der Waals surface area contributed by atoms with E-state index in [1.165, 1.54) is 37.8 Å². The SMILES string of the molecule is NC(=NO)c1cc(F)ccc1CNC(C1CC1)C1CC1. The number of amidine groups is 1. The van der Waals surface area contributed by atoms with Crippen LogP contribution in [0.4, 0.5) is 4.39 Å². The first kappa shape index (κ1) is 13.4. The van der Waals surface area contributed by atoms with Crippen molar-refractivity contribution in [3.63, 3.8) is 0 Å². The summed E-state index contributed by atoms with van der Waals surface area (Å²) >= 11 is 0. The first-order valence-electron chi connectivity index (χ1n) is 7.18. The van der Waals surface area contributed by atoms with Crippen LogP contribution in [0.1, 0.15) is 36.8 Å². The monoisotopic (exact) mass is 277 g/mol. The van der Waals surface area contributed by atoms with Crippen molar-refractivity contribution in [3.05, 3.63) is 35.1 Å². The highest BCUT2D eigenvalue weighted by Crippen LogP contribution is 2.44. The maximum atomic E-state index is 13.3. The molecule has 5 heteroatoms. The zero-order valence-electron chi connectivity index (χ0n) is 11.3. The van der Waals surface area contributed by atoms with Gasteiger partial charge in [0.1, 0.15) is 5.82 Å². The molecule has 0 aliphatic heterocycles. The molecule has 2 saturated carbocycles. The summed E-state index contributed by atoms with van der Waals surface area (Å²) in [6.45, 7) is 0.628. The second-order valence-corrected chi connectivity index (χ2v) is 5.87. The van der Waals surface area contributed by atoms with Crippen LogP contribution in [0.3, 0.4) is 0 Å². The van der Waals surface area contributed by atoms with Gasteiger partial charge in [-0.3, -0.25) is 0 Å². The molecule has 0 radical (unpaired) electrons. The number of halogens is 1. The highest BCUT2D eigenvalue weighted by Gasteiger charge is 2.41. The van der Waals surface area contributed by atoms with Crippen LogP contribution in [-0.2, 0) is 6.54 Å². The lowest BCUT2D eigenvalue weighted by Gasteiger charge is -2.19. The summed E-state index contributed by atoms with van der Waals surface area (Å²) in [5.41, 5.74) is 6.95. The van der Waals surface area contributed by atoms with Crippen LogP contribution in [0.15, 0.2) is 23.4 Å². The molecule has 1 aromatic carbocycles. The maximum Gasteiger partial charge on any atom is 0.170 e. The van der Waals surface area contributed by atoms with Crippen molar-refractivity contribution in [2.45, 2.75) is 38.3 Å².